The van der Waals surface area contributed by atoms with E-state index in [1.807, 2.05) is 0 Å². The maximum Gasteiger partial charge on any atom is 0.152 e. The van der Waals surface area contributed by atoms with Gasteiger partial charge in [-0.05, 0) is 12.8 Å². The molecule has 0 spiro atoms. The molecule has 1 aromatic rings. The van der Waals surface area contributed by atoms with Crippen LogP contribution >= 0.6 is 0 Å². The van der Waals surface area contributed by atoms with Gasteiger partial charge in [0.15, 0.2) is 11.6 Å². The summed E-state index contributed by atoms with van der Waals surface area (Å²) < 4.78 is 39.2. The first-order valence-corrected chi connectivity index (χ1v) is 5.12. The summed E-state index contributed by atoms with van der Waals surface area (Å²) in [6.07, 6.45) is 2.59. The summed E-state index contributed by atoms with van der Waals surface area (Å²) in [5, 5.41) is 2.58. The highest BCUT2D eigenvalue weighted by molar-refractivity contribution is 5.95. The maximum atomic E-state index is 13.3. The second-order valence-corrected chi connectivity index (χ2v) is 3.65. The summed E-state index contributed by atoms with van der Waals surface area (Å²) in [7, 11) is 0. The van der Waals surface area contributed by atoms with Gasteiger partial charge in [-0.25, -0.2) is 13.2 Å². The number of anilines is 1. The van der Waals surface area contributed by atoms with E-state index >= 15 is 0 Å². The van der Waals surface area contributed by atoms with Gasteiger partial charge >= 0.3 is 0 Å². The SMILES string of the molecule is Fc1cc(F)c(NC2=NCCCC2)c(F)c1. The number of aliphatic imine (C=N–C) groups is 1. The van der Waals surface area contributed by atoms with E-state index in [0.717, 1.165) is 12.8 Å². The number of rotatable bonds is 1. The van der Waals surface area contributed by atoms with Crippen molar-refractivity contribution < 1.29 is 13.2 Å². The van der Waals surface area contributed by atoms with E-state index in [-0.39, 0.29) is 5.69 Å². The molecule has 86 valence electrons. The summed E-state index contributed by atoms with van der Waals surface area (Å²) >= 11 is 0. The third-order valence-electron chi connectivity index (χ3n) is 2.40. The summed E-state index contributed by atoms with van der Waals surface area (Å²) in [6, 6.07) is 1.30. The molecule has 0 amide bonds. The number of halogens is 3. The maximum absolute atomic E-state index is 13.3. The molecule has 2 nitrogen and oxygen atoms in total. The van der Waals surface area contributed by atoms with Crippen molar-refractivity contribution in [2.45, 2.75) is 19.3 Å². The third-order valence-corrected chi connectivity index (χ3v) is 2.40. The van der Waals surface area contributed by atoms with Crippen LogP contribution in [0, 0.1) is 17.5 Å². The first kappa shape index (κ1) is 11.0. The Hall–Kier alpha value is -1.52. The zero-order valence-electron chi connectivity index (χ0n) is 8.56. The van der Waals surface area contributed by atoms with Gasteiger partial charge in [0.1, 0.15) is 17.3 Å². The Labute approximate surface area is 91.2 Å². The Bertz CT molecular complexity index is 406. The van der Waals surface area contributed by atoms with Gasteiger partial charge in [-0.3, -0.25) is 4.99 Å². The minimum absolute atomic E-state index is 0.331. The van der Waals surface area contributed by atoms with E-state index in [4.69, 9.17) is 0 Å². The van der Waals surface area contributed by atoms with Crippen LogP contribution in [0.3, 0.4) is 0 Å². The summed E-state index contributed by atoms with van der Waals surface area (Å²) in [5.74, 6) is -2.25. The first-order valence-electron chi connectivity index (χ1n) is 5.12. The minimum Gasteiger partial charge on any atom is -0.339 e. The number of hydrogen-bond donors (Lipinski definition) is 1. The monoisotopic (exact) mass is 228 g/mol. The number of benzene rings is 1. The molecule has 5 heteroatoms. The quantitative estimate of drug-likeness (QED) is 0.784. The van der Waals surface area contributed by atoms with Gasteiger partial charge in [0, 0.05) is 25.1 Å². The van der Waals surface area contributed by atoms with Crippen molar-refractivity contribution in [3.8, 4) is 0 Å². The molecule has 0 fully saturated rings. The van der Waals surface area contributed by atoms with Crippen LogP contribution in [0.15, 0.2) is 17.1 Å². The Morgan fingerprint density at radius 2 is 1.75 bits per heavy atom. The standard InChI is InChI=1S/C11H11F3N2/c12-7-5-8(13)11(9(14)6-7)16-10-3-1-2-4-15-10/h5-6H,1-4H2,(H,15,16). The molecular weight excluding hydrogens is 217 g/mol. The topological polar surface area (TPSA) is 24.4 Å². The number of nitrogens with zero attached hydrogens (tertiary/aromatic N) is 1. The summed E-state index contributed by atoms with van der Waals surface area (Å²) in [6.45, 7) is 0.659. The summed E-state index contributed by atoms with van der Waals surface area (Å²) in [5.41, 5.74) is -0.331. The van der Waals surface area contributed by atoms with E-state index < -0.39 is 17.5 Å². The van der Waals surface area contributed by atoms with Gasteiger partial charge in [0.25, 0.3) is 0 Å². The predicted octanol–water partition coefficient (Wildman–Crippen LogP) is 3.10. The van der Waals surface area contributed by atoms with E-state index in [0.29, 0.717) is 30.9 Å². The molecule has 0 saturated carbocycles. The van der Waals surface area contributed by atoms with Crippen molar-refractivity contribution in [3.05, 3.63) is 29.6 Å². The van der Waals surface area contributed by atoms with Gasteiger partial charge in [0.05, 0.1) is 0 Å². The zero-order valence-corrected chi connectivity index (χ0v) is 8.56. The molecule has 1 aliphatic rings. The Morgan fingerprint density at radius 3 is 2.31 bits per heavy atom. The number of hydrogen-bond acceptors (Lipinski definition) is 2. The van der Waals surface area contributed by atoms with E-state index in [2.05, 4.69) is 10.3 Å². The molecule has 1 aromatic carbocycles. The van der Waals surface area contributed by atoms with Crippen molar-refractivity contribution in [1.29, 1.82) is 0 Å². The highest BCUT2D eigenvalue weighted by Crippen LogP contribution is 2.21. The van der Waals surface area contributed by atoms with Gasteiger partial charge < -0.3 is 5.32 Å². The minimum atomic E-state index is -0.939. The third kappa shape index (κ3) is 2.35. The van der Waals surface area contributed by atoms with Crippen LogP contribution in [0.1, 0.15) is 19.3 Å². The molecule has 0 unspecified atom stereocenters. The average molecular weight is 228 g/mol. The zero-order chi connectivity index (χ0) is 11.5. The van der Waals surface area contributed by atoms with Crippen LogP contribution in [-0.4, -0.2) is 12.4 Å². The van der Waals surface area contributed by atoms with Crippen molar-refractivity contribution in [2.75, 3.05) is 11.9 Å². The molecule has 0 radical (unpaired) electrons. The fourth-order valence-corrected chi connectivity index (χ4v) is 1.61. The lowest BCUT2D eigenvalue weighted by Gasteiger charge is -2.14. The molecule has 0 atom stereocenters. The second kappa shape index (κ2) is 4.55. The fourth-order valence-electron chi connectivity index (χ4n) is 1.61. The lowest BCUT2D eigenvalue weighted by Crippen LogP contribution is -2.18. The molecule has 0 bridgehead atoms. The van der Waals surface area contributed by atoms with Crippen molar-refractivity contribution in [3.63, 3.8) is 0 Å². The van der Waals surface area contributed by atoms with E-state index in [1.54, 1.807) is 0 Å². The largest absolute Gasteiger partial charge is 0.339 e. The molecule has 2 rings (SSSR count). The lowest BCUT2D eigenvalue weighted by molar-refractivity contribution is 0.549. The molecule has 1 N–H and O–H groups in total. The number of nitrogens with one attached hydrogen (secondary N) is 1. The molecule has 0 aliphatic carbocycles. The Kier molecular flexibility index (Phi) is 3.12. The van der Waals surface area contributed by atoms with Gasteiger partial charge in [0.2, 0.25) is 0 Å². The first-order chi connectivity index (χ1) is 7.66. The average Bonchev–Trinajstić information content (AvgIpc) is 2.25. The molecule has 0 aromatic heterocycles. The van der Waals surface area contributed by atoms with Crippen LogP contribution in [0.25, 0.3) is 0 Å². The summed E-state index contributed by atoms with van der Waals surface area (Å²) in [4.78, 5) is 4.11. The molecular formula is C11H11F3N2. The normalized spacial score (nSPS) is 15.8. The van der Waals surface area contributed by atoms with Crippen LogP contribution in [0.5, 0.6) is 0 Å². The highest BCUT2D eigenvalue weighted by atomic mass is 19.1. The smallest absolute Gasteiger partial charge is 0.152 e. The van der Waals surface area contributed by atoms with E-state index in [1.165, 1.54) is 0 Å². The molecule has 1 aliphatic heterocycles. The van der Waals surface area contributed by atoms with Crippen LogP contribution < -0.4 is 5.32 Å². The molecule has 16 heavy (non-hydrogen) atoms. The van der Waals surface area contributed by atoms with Crippen LogP contribution in [0.4, 0.5) is 18.9 Å². The lowest BCUT2D eigenvalue weighted by atomic mass is 10.1. The van der Waals surface area contributed by atoms with Crippen LogP contribution in [-0.2, 0) is 0 Å². The Balaban J connectivity index is 2.24. The number of amidine groups is 1. The van der Waals surface area contributed by atoms with Gasteiger partial charge in [-0.1, -0.05) is 0 Å². The van der Waals surface area contributed by atoms with E-state index in [9.17, 15) is 13.2 Å². The van der Waals surface area contributed by atoms with Gasteiger partial charge in [-0.2, -0.15) is 0 Å². The predicted molar refractivity (Wildman–Crippen MR) is 56.1 cm³/mol. The van der Waals surface area contributed by atoms with Gasteiger partial charge in [-0.15, -0.1) is 0 Å². The van der Waals surface area contributed by atoms with Crippen molar-refractivity contribution in [1.82, 2.24) is 0 Å². The molecule has 1 heterocycles. The molecule has 0 saturated heterocycles. The van der Waals surface area contributed by atoms with Crippen molar-refractivity contribution in [2.24, 2.45) is 4.99 Å². The Morgan fingerprint density at radius 1 is 1.06 bits per heavy atom. The highest BCUT2D eigenvalue weighted by Gasteiger charge is 2.14. The van der Waals surface area contributed by atoms with Crippen LogP contribution in [0.2, 0.25) is 0 Å². The second-order valence-electron chi connectivity index (χ2n) is 3.65. The fraction of sp³-hybridized carbons (Fsp3) is 0.364. The van der Waals surface area contributed by atoms with Crippen molar-refractivity contribution >= 4 is 11.5 Å².